The maximum Gasteiger partial charge on any atom is 0.418 e. The number of Topliss-reactive ketones (excluding diaryl/α,β-unsaturated/α-hetero) is 1. The van der Waals surface area contributed by atoms with Crippen LogP contribution in [0.2, 0.25) is 0 Å². The predicted octanol–water partition coefficient (Wildman–Crippen LogP) is 7.60. The van der Waals surface area contributed by atoms with Gasteiger partial charge in [-0.1, -0.05) is 42.0 Å². The molecule has 1 aliphatic carbocycles. The van der Waals surface area contributed by atoms with E-state index in [1.807, 2.05) is 6.92 Å². The molecule has 1 aliphatic heterocycles. The van der Waals surface area contributed by atoms with Crippen molar-refractivity contribution in [1.82, 2.24) is 0 Å². The third-order valence-corrected chi connectivity index (χ3v) is 7.81. The molecule has 3 aromatic carbocycles. The molecule has 224 valence electrons. The smallest absolute Gasteiger partial charge is 0.418 e. The Bertz CT molecular complexity index is 1630. The van der Waals surface area contributed by atoms with Gasteiger partial charge in [0, 0.05) is 34.7 Å². The fraction of sp³-hybridized carbons (Fsp3) is 0.273. The van der Waals surface area contributed by atoms with E-state index in [2.05, 4.69) is 0 Å². The lowest BCUT2D eigenvalue weighted by molar-refractivity contribution is -0.137. The van der Waals surface area contributed by atoms with E-state index >= 15 is 0 Å². The van der Waals surface area contributed by atoms with Crippen molar-refractivity contribution in [1.29, 1.82) is 5.41 Å². The summed E-state index contributed by atoms with van der Waals surface area (Å²) in [6.07, 6.45) is -3.90. The standard InChI is InChI=1S/C33H31F3N2O5/c1-18-12-14-19(15-13-18)30(40)29-27(20-16-25(41-2)31(43-4)26(17-20)42-3)28-23(10-7-11-24(28)39)38(32(29)37)22-9-6-5-8-21(22)33(34,35)36/h5-6,8-9,12-17,27,37,40H,7,10-11H2,1-4H3/t27-/m0/s1. The first-order valence-corrected chi connectivity index (χ1v) is 13.6. The summed E-state index contributed by atoms with van der Waals surface area (Å²) in [6, 6.07) is 15.1. The van der Waals surface area contributed by atoms with E-state index in [0.29, 0.717) is 23.3 Å². The maximum absolute atomic E-state index is 14.3. The van der Waals surface area contributed by atoms with Gasteiger partial charge in [0.1, 0.15) is 11.6 Å². The van der Waals surface area contributed by atoms with E-state index in [-0.39, 0.29) is 64.2 Å². The van der Waals surface area contributed by atoms with Crippen LogP contribution in [0.15, 0.2) is 77.5 Å². The van der Waals surface area contributed by atoms with Crippen LogP contribution in [0.1, 0.15) is 47.4 Å². The fourth-order valence-electron chi connectivity index (χ4n) is 5.83. The van der Waals surface area contributed by atoms with Crippen LogP contribution in [0.5, 0.6) is 17.2 Å². The zero-order valence-electron chi connectivity index (χ0n) is 24.1. The lowest BCUT2D eigenvalue weighted by atomic mass is 9.73. The number of aliphatic hydroxyl groups is 1. The van der Waals surface area contributed by atoms with Crippen LogP contribution in [0.3, 0.4) is 0 Å². The predicted molar refractivity (Wildman–Crippen MR) is 157 cm³/mol. The van der Waals surface area contributed by atoms with Gasteiger partial charge in [-0.3, -0.25) is 15.1 Å². The van der Waals surface area contributed by atoms with Gasteiger partial charge in [0.25, 0.3) is 0 Å². The lowest BCUT2D eigenvalue weighted by Gasteiger charge is -2.42. The lowest BCUT2D eigenvalue weighted by Crippen LogP contribution is -2.43. The van der Waals surface area contributed by atoms with Crippen molar-refractivity contribution in [3.05, 3.63) is 99.8 Å². The molecule has 3 aromatic rings. The van der Waals surface area contributed by atoms with Gasteiger partial charge in [0.05, 0.1) is 32.6 Å². The summed E-state index contributed by atoms with van der Waals surface area (Å²) in [5, 5.41) is 21.2. The van der Waals surface area contributed by atoms with Gasteiger partial charge >= 0.3 is 6.18 Å². The summed E-state index contributed by atoms with van der Waals surface area (Å²) in [4.78, 5) is 15.0. The van der Waals surface area contributed by atoms with Crippen LogP contribution < -0.4 is 19.1 Å². The summed E-state index contributed by atoms with van der Waals surface area (Å²) in [7, 11) is 4.33. The van der Waals surface area contributed by atoms with Crippen molar-refractivity contribution in [2.75, 3.05) is 26.2 Å². The zero-order chi connectivity index (χ0) is 31.1. The Hall–Kier alpha value is -4.73. The highest BCUT2D eigenvalue weighted by Gasteiger charge is 2.46. The van der Waals surface area contributed by atoms with Gasteiger partial charge in [0.15, 0.2) is 17.3 Å². The number of ether oxygens (including phenoxy) is 3. The monoisotopic (exact) mass is 592 g/mol. The van der Waals surface area contributed by atoms with Crippen molar-refractivity contribution >= 4 is 23.1 Å². The number of hydrogen-bond acceptors (Lipinski definition) is 6. The number of amidine groups is 1. The van der Waals surface area contributed by atoms with Crippen molar-refractivity contribution in [3.63, 3.8) is 0 Å². The molecule has 10 heteroatoms. The number of anilines is 1. The van der Waals surface area contributed by atoms with Gasteiger partial charge < -0.3 is 19.3 Å². The Morgan fingerprint density at radius 2 is 1.58 bits per heavy atom. The van der Waals surface area contributed by atoms with E-state index in [1.54, 1.807) is 36.4 Å². The average Bonchev–Trinajstić information content (AvgIpc) is 2.99. The third-order valence-electron chi connectivity index (χ3n) is 7.81. The Morgan fingerprint density at radius 3 is 2.16 bits per heavy atom. The number of hydrogen-bond donors (Lipinski definition) is 2. The molecule has 5 rings (SSSR count). The van der Waals surface area contributed by atoms with Crippen LogP contribution in [0.4, 0.5) is 18.9 Å². The van der Waals surface area contributed by atoms with Crippen molar-refractivity contribution in [3.8, 4) is 17.2 Å². The number of benzene rings is 3. The number of ketones is 1. The van der Waals surface area contributed by atoms with Crippen LogP contribution in [0.25, 0.3) is 5.76 Å². The molecule has 0 saturated heterocycles. The highest BCUT2D eigenvalue weighted by Crippen LogP contribution is 2.52. The molecular formula is C33H31F3N2O5. The molecule has 0 radical (unpaired) electrons. The van der Waals surface area contributed by atoms with E-state index < -0.39 is 17.7 Å². The first-order chi connectivity index (χ1) is 20.5. The number of nitrogens with zero attached hydrogens (tertiary/aromatic N) is 1. The molecule has 2 aliphatic rings. The summed E-state index contributed by atoms with van der Waals surface area (Å²) >= 11 is 0. The molecule has 0 bridgehead atoms. The number of methoxy groups -OCH3 is 3. The van der Waals surface area contributed by atoms with E-state index in [1.165, 1.54) is 44.4 Å². The highest BCUT2D eigenvalue weighted by molar-refractivity contribution is 6.20. The molecule has 0 aromatic heterocycles. The number of carbonyl (C=O) groups is 1. The Kier molecular flexibility index (Phi) is 7.96. The largest absolute Gasteiger partial charge is 0.507 e. The molecule has 43 heavy (non-hydrogen) atoms. The number of allylic oxidation sites excluding steroid dienone is 2. The van der Waals surface area contributed by atoms with E-state index in [9.17, 15) is 28.5 Å². The topological polar surface area (TPSA) is 92.1 Å². The third kappa shape index (κ3) is 5.22. The van der Waals surface area contributed by atoms with Gasteiger partial charge in [-0.05, 0) is 49.6 Å². The first kappa shape index (κ1) is 29.8. The summed E-state index contributed by atoms with van der Waals surface area (Å²) in [6.45, 7) is 1.88. The minimum atomic E-state index is -4.73. The summed E-state index contributed by atoms with van der Waals surface area (Å²) < 4.78 is 59.5. The van der Waals surface area contributed by atoms with Gasteiger partial charge in [-0.15, -0.1) is 0 Å². The maximum atomic E-state index is 14.3. The zero-order valence-corrected chi connectivity index (χ0v) is 24.1. The van der Waals surface area contributed by atoms with Gasteiger partial charge in [0.2, 0.25) is 5.75 Å². The molecule has 1 atom stereocenters. The number of halogens is 3. The minimum absolute atomic E-state index is 0.0240. The number of carbonyl (C=O) groups excluding carboxylic acids is 1. The molecule has 0 unspecified atom stereocenters. The number of alkyl halides is 3. The molecule has 2 N–H and O–H groups in total. The molecule has 0 fully saturated rings. The minimum Gasteiger partial charge on any atom is -0.507 e. The SMILES string of the molecule is COc1cc([C@@H]2C(=C(O)c3ccc(C)cc3)C(=N)N(c3ccccc3C(F)(F)F)C3=C2C(=O)CCC3)cc(OC)c1OC. The second-order valence-corrected chi connectivity index (χ2v) is 10.4. The summed E-state index contributed by atoms with van der Waals surface area (Å²) in [5.41, 5.74) is 0.946. The average molecular weight is 593 g/mol. The highest BCUT2D eigenvalue weighted by atomic mass is 19.4. The second-order valence-electron chi connectivity index (χ2n) is 10.4. The van der Waals surface area contributed by atoms with E-state index in [0.717, 1.165) is 11.6 Å². The van der Waals surface area contributed by atoms with E-state index in [4.69, 9.17) is 14.2 Å². The van der Waals surface area contributed by atoms with Crippen molar-refractivity contribution < 1.29 is 37.3 Å². The van der Waals surface area contributed by atoms with Gasteiger partial charge in [-0.2, -0.15) is 13.2 Å². The van der Waals surface area contributed by atoms with Crippen molar-refractivity contribution in [2.24, 2.45) is 0 Å². The molecule has 7 nitrogen and oxygen atoms in total. The van der Waals surface area contributed by atoms with Crippen LogP contribution in [-0.2, 0) is 11.0 Å². The fourth-order valence-corrected chi connectivity index (χ4v) is 5.83. The second kappa shape index (κ2) is 11.5. The first-order valence-electron chi connectivity index (χ1n) is 13.6. The normalized spacial score (nSPS) is 18.4. The number of rotatable bonds is 6. The number of nitrogens with one attached hydrogen (secondary N) is 1. The van der Waals surface area contributed by atoms with Crippen LogP contribution >= 0.6 is 0 Å². The van der Waals surface area contributed by atoms with Crippen LogP contribution in [-0.4, -0.2) is 38.1 Å². The molecule has 0 amide bonds. The molecular weight excluding hydrogens is 561 g/mol. The Balaban J connectivity index is 1.90. The Labute approximate surface area is 247 Å². The number of aryl methyl sites for hydroxylation is 1. The van der Waals surface area contributed by atoms with Gasteiger partial charge in [-0.25, -0.2) is 0 Å². The molecule has 0 saturated carbocycles. The molecule has 1 heterocycles. The quantitative estimate of drug-likeness (QED) is 0.287. The number of aliphatic hydroxyl groups excluding tert-OH is 1. The number of para-hydroxylation sites is 1. The summed E-state index contributed by atoms with van der Waals surface area (Å²) in [5.74, 6) is -1.13. The Morgan fingerprint density at radius 1 is 0.953 bits per heavy atom. The van der Waals surface area contributed by atoms with Crippen LogP contribution in [0, 0.1) is 12.3 Å². The van der Waals surface area contributed by atoms with Crippen molar-refractivity contribution in [2.45, 2.75) is 38.3 Å². The molecule has 0 spiro atoms.